The van der Waals surface area contributed by atoms with Crippen LogP contribution in [0, 0.1) is 6.92 Å². The van der Waals surface area contributed by atoms with Crippen LogP contribution in [-0.4, -0.2) is 50.0 Å². The Kier molecular flexibility index (Phi) is 8.17. The highest BCUT2D eigenvalue weighted by atomic mass is 32.2. The number of fused-ring (bicyclic) bond motifs is 1. The first-order valence-corrected chi connectivity index (χ1v) is 13.4. The van der Waals surface area contributed by atoms with Gasteiger partial charge in [-0.25, -0.2) is 8.42 Å². The number of benzene rings is 3. The van der Waals surface area contributed by atoms with Crippen LogP contribution in [0.2, 0.25) is 0 Å². The number of carbonyl (C=O) groups excluding carboxylic acids is 2. The first-order valence-electron chi connectivity index (χ1n) is 11.6. The number of hydrogen-bond donors (Lipinski definition) is 1. The maximum Gasteiger partial charge on any atom is 0.244 e. The van der Waals surface area contributed by atoms with E-state index in [1.807, 2.05) is 75.4 Å². The second kappa shape index (κ2) is 10.9. The summed E-state index contributed by atoms with van der Waals surface area (Å²) in [6.45, 7) is 7.09. The SMILES string of the molecule is Cc1ccc(CN(C(=O)CN(c2cccc3ccccc23)S(C)(=O)=O)[C@@H](C)C(=O)NC(C)C)cc1. The molecule has 0 bridgehead atoms. The number of aryl methyl sites for hydroxylation is 1. The van der Waals surface area contributed by atoms with Crippen LogP contribution in [0.15, 0.2) is 66.7 Å². The van der Waals surface area contributed by atoms with Crippen LogP contribution >= 0.6 is 0 Å². The average molecular weight is 496 g/mol. The highest BCUT2D eigenvalue weighted by molar-refractivity contribution is 7.92. The zero-order chi connectivity index (χ0) is 25.8. The van der Waals surface area contributed by atoms with E-state index in [0.29, 0.717) is 5.69 Å². The fourth-order valence-corrected chi connectivity index (χ4v) is 4.76. The van der Waals surface area contributed by atoms with E-state index >= 15 is 0 Å². The Hall–Kier alpha value is -3.39. The predicted molar refractivity (Wildman–Crippen MR) is 141 cm³/mol. The van der Waals surface area contributed by atoms with Gasteiger partial charge in [-0.1, -0.05) is 66.2 Å². The molecule has 0 aliphatic heterocycles. The molecule has 3 aromatic carbocycles. The molecule has 0 heterocycles. The quantitative estimate of drug-likeness (QED) is 0.488. The molecule has 8 heteroatoms. The Bertz CT molecular complexity index is 1300. The largest absolute Gasteiger partial charge is 0.352 e. The van der Waals surface area contributed by atoms with Crippen LogP contribution in [0.4, 0.5) is 5.69 Å². The predicted octanol–water partition coefficient (Wildman–Crippen LogP) is 3.86. The molecule has 2 amide bonds. The Balaban J connectivity index is 1.99. The van der Waals surface area contributed by atoms with E-state index in [0.717, 1.165) is 32.5 Å². The van der Waals surface area contributed by atoms with Gasteiger partial charge < -0.3 is 10.2 Å². The van der Waals surface area contributed by atoms with Gasteiger partial charge in [0.1, 0.15) is 12.6 Å². The van der Waals surface area contributed by atoms with Crippen LogP contribution in [0.1, 0.15) is 31.9 Å². The summed E-state index contributed by atoms with van der Waals surface area (Å²) >= 11 is 0. The second-order valence-corrected chi connectivity index (χ2v) is 11.0. The second-order valence-electron chi connectivity index (χ2n) is 9.11. The van der Waals surface area contributed by atoms with E-state index in [1.165, 1.54) is 4.90 Å². The van der Waals surface area contributed by atoms with Gasteiger partial charge >= 0.3 is 0 Å². The van der Waals surface area contributed by atoms with Gasteiger partial charge in [0.05, 0.1) is 11.9 Å². The minimum absolute atomic E-state index is 0.0931. The zero-order valence-corrected chi connectivity index (χ0v) is 21.7. The van der Waals surface area contributed by atoms with Crippen molar-refractivity contribution in [2.24, 2.45) is 0 Å². The third-order valence-electron chi connectivity index (χ3n) is 5.79. The molecule has 0 unspecified atom stereocenters. The molecule has 1 N–H and O–H groups in total. The van der Waals surface area contributed by atoms with Gasteiger partial charge in [-0.05, 0) is 44.7 Å². The Morgan fingerprint density at radius 3 is 2.17 bits per heavy atom. The Labute approximate surface area is 207 Å². The number of carbonyl (C=O) groups is 2. The fraction of sp³-hybridized carbons (Fsp3) is 0.333. The molecule has 0 spiro atoms. The van der Waals surface area contributed by atoms with Gasteiger partial charge in [0, 0.05) is 18.0 Å². The van der Waals surface area contributed by atoms with E-state index in [-0.39, 0.29) is 18.5 Å². The van der Waals surface area contributed by atoms with Crippen molar-refractivity contribution in [3.63, 3.8) is 0 Å². The van der Waals surface area contributed by atoms with Crippen molar-refractivity contribution >= 4 is 38.3 Å². The van der Waals surface area contributed by atoms with Gasteiger partial charge in [0.2, 0.25) is 21.8 Å². The van der Waals surface area contributed by atoms with E-state index in [4.69, 9.17) is 0 Å². The lowest BCUT2D eigenvalue weighted by Gasteiger charge is -2.32. The lowest BCUT2D eigenvalue weighted by molar-refractivity contribution is -0.139. The number of rotatable bonds is 9. The lowest BCUT2D eigenvalue weighted by Crippen LogP contribution is -2.52. The van der Waals surface area contributed by atoms with E-state index < -0.39 is 28.5 Å². The van der Waals surface area contributed by atoms with Gasteiger partial charge in [-0.3, -0.25) is 13.9 Å². The van der Waals surface area contributed by atoms with Gasteiger partial charge in [0.15, 0.2) is 0 Å². The highest BCUT2D eigenvalue weighted by Gasteiger charge is 2.30. The molecule has 0 aliphatic carbocycles. The minimum atomic E-state index is -3.80. The molecule has 0 fully saturated rings. The molecule has 1 atom stereocenters. The van der Waals surface area contributed by atoms with Crippen LogP contribution in [-0.2, 0) is 26.2 Å². The van der Waals surface area contributed by atoms with E-state index in [1.54, 1.807) is 19.1 Å². The van der Waals surface area contributed by atoms with E-state index in [9.17, 15) is 18.0 Å². The van der Waals surface area contributed by atoms with Crippen molar-refractivity contribution in [2.75, 3.05) is 17.1 Å². The van der Waals surface area contributed by atoms with Crippen molar-refractivity contribution < 1.29 is 18.0 Å². The molecule has 0 aromatic heterocycles. The number of hydrogen-bond acceptors (Lipinski definition) is 4. The topological polar surface area (TPSA) is 86.8 Å². The lowest BCUT2D eigenvalue weighted by atomic mass is 10.1. The number of anilines is 1. The molecule has 186 valence electrons. The maximum atomic E-state index is 13.7. The number of nitrogens with one attached hydrogen (secondary N) is 1. The average Bonchev–Trinajstić information content (AvgIpc) is 2.80. The third kappa shape index (κ3) is 6.60. The monoisotopic (exact) mass is 495 g/mol. The first-order chi connectivity index (χ1) is 16.5. The van der Waals surface area contributed by atoms with Crippen molar-refractivity contribution in [1.29, 1.82) is 0 Å². The Morgan fingerprint density at radius 2 is 1.54 bits per heavy atom. The molecule has 0 aliphatic rings. The summed E-state index contributed by atoms with van der Waals surface area (Å²) in [7, 11) is -3.80. The molecule has 7 nitrogen and oxygen atoms in total. The van der Waals surface area contributed by atoms with Gasteiger partial charge in [-0.15, -0.1) is 0 Å². The summed E-state index contributed by atoms with van der Waals surface area (Å²) in [4.78, 5) is 27.9. The molecule has 0 saturated heterocycles. The number of amides is 2. The smallest absolute Gasteiger partial charge is 0.244 e. The summed E-state index contributed by atoms with van der Waals surface area (Å²) in [5, 5.41) is 4.44. The molecule has 0 radical (unpaired) electrons. The summed E-state index contributed by atoms with van der Waals surface area (Å²) in [6.07, 6.45) is 1.08. The highest BCUT2D eigenvalue weighted by Crippen LogP contribution is 2.28. The standard InChI is InChI=1S/C27H33N3O4S/c1-19(2)28-27(32)21(4)29(17-22-15-13-20(3)14-16-22)26(31)18-30(35(5,33)34)25-12-8-10-23-9-6-7-11-24(23)25/h6-16,19,21H,17-18H2,1-5H3,(H,28,32)/t21-/m0/s1. The third-order valence-corrected chi connectivity index (χ3v) is 6.91. The molecule has 0 saturated carbocycles. The van der Waals surface area contributed by atoms with Gasteiger partial charge in [0.25, 0.3) is 0 Å². The first kappa shape index (κ1) is 26.2. The summed E-state index contributed by atoms with van der Waals surface area (Å²) in [6, 6.07) is 19.6. The fourth-order valence-electron chi connectivity index (χ4n) is 3.90. The van der Waals surface area contributed by atoms with Crippen molar-refractivity contribution in [3.8, 4) is 0 Å². The molecular weight excluding hydrogens is 462 g/mol. The molecule has 35 heavy (non-hydrogen) atoms. The molecule has 3 rings (SSSR count). The van der Waals surface area contributed by atoms with E-state index in [2.05, 4.69) is 5.32 Å². The minimum Gasteiger partial charge on any atom is -0.352 e. The molecular formula is C27H33N3O4S. The number of nitrogens with zero attached hydrogens (tertiary/aromatic N) is 2. The van der Waals surface area contributed by atoms with Crippen molar-refractivity contribution in [2.45, 2.75) is 46.3 Å². The summed E-state index contributed by atoms with van der Waals surface area (Å²) < 4.78 is 26.8. The van der Waals surface area contributed by atoms with Crippen LogP contribution in [0.5, 0.6) is 0 Å². The summed E-state index contributed by atoms with van der Waals surface area (Å²) in [5.74, 6) is -0.758. The zero-order valence-electron chi connectivity index (χ0n) is 20.9. The normalized spacial score (nSPS) is 12.4. The van der Waals surface area contributed by atoms with Crippen LogP contribution < -0.4 is 9.62 Å². The summed E-state index contributed by atoms with van der Waals surface area (Å²) in [5.41, 5.74) is 2.36. The van der Waals surface area contributed by atoms with Crippen LogP contribution in [0.3, 0.4) is 0 Å². The van der Waals surface area contributed by atoms with Gasteiger partial charge in [-0.2, -0.15) is 0 Å². The Morgan fingerprint density at radius 1 is 0.914 bits per heavy atom. The van der Waals surface area contributed by atoms with Crippen molar-refractivity contribution in [3.05, 3.63) is 77.9 Å². The number of sulfonamides is 1. The molecule has 3 aromatic rings. The maximum absolute atomic E-state index is 13.7. The van der Waals surface area contributed by atoms with Crippen molar-refractivity contribution in [1.82, 2.24) is 10.2 Å². The van der Waals surface area contributed by atoms with Crippen LogP contribution in [0.25, 0.3) is 10.8 Å².